The lowest BCUT2D eigenvalue weighted by Gasteiger charge is -2.37. The molecule has 1 unspecified atom stereocenters. The van der Waals surface area contributed by atoms with Crippen molar-refractivity contribution < 1.29 is 4.74 Å². The monoisotopic (exact) mass is 303 g/mol. The van der Waals surface area contributed by atoms with E-state index in [4.69, 9.17) is 4.74 Å². The third-order valence-electron chi connectivity index (χ3n) is 4.97. The summed E-state index contributed by atoms with van der Waals surface area (Å²) in [5.41, 5.74) is 2.49. The minimum Gasteiger partial charge on any atom is -0.492 e. The molecule has 3 rings (SSSR count). The molecule has 2 saturated heterocycles. The van der Waals surface area contributed by atoms with Crippen molar-refractivity contribution in [2.75, 3.05) is 52.4 Å². The Morgan fingerprint density at radius 2 is 2.00 bits per heavy atom. The van der Waals surface area contributed by atoms with E-state index < -0.39 is 0 Å². The molecular weight excluding hydrogens is 274 g/mol. The van der Waals surface area contributed by atoms with Crippen LogP contribution in [0.1, 0.15) is 17.5 Å². The molecule has 2 aliphatic rings. The standard InChI is InChI=1S/C18H29N3O/c1-15-3-4-16(2)18(13-15)22-12-11-20-7-9-21(10-8-20)17-5-6-19-14-17/h3-4,13,17,19H,5-12,14H2,1-2H3. The molecule has 0 aromatic heterocycles. The zero-order valence-corrected chi connectivity index (χ0v) is 14.0. The second kappa shape index (κ2) is 7.44. The summed E-state index contributed by atoms with van der Waals surface area (Å²) in [5, 5.41) is 3.47. The SMILES string of the molecule is Cc1ccc(C)c(OCCN2CCN(C3CCNC3)CC2)c1. The van der Waals surface area contributed by atoms with Crippen molar-refractivity contribution in [2.24, 2.45) is 0 Å². The van der Waals surface area contributed by atoms with Crippen LogP contribution in [0.5, 0.6) is 5.75 Å². The predicted molar refractivity (Wildman–Crippen MR) is 90.7 cm³/mol. The Morgan fingerprint density at radius 1 is 1.18 bits per heavy atom. The fourth-order valence-corrected chi connectivity index (χ4v) is 3.45. The molecule has 0 bridgehead atoms. The third-order valence-corrected chi connectivity index (χ3v) is 4.97. The Labute approximate surface area is 134 Å². The summed E-state index contributed by atoms with van der Waals surface area (Å²) in [6.45, 7) is 13.2. The second-order valence-electron chi connectivity index (χ2n) is 6.64. The van der Waals surface area contributed by atoms with Gasteiger partial charge >= 0.3 is 0 Å². The molecule has 122 valence electrons. The van der Waals surface area contributed by atoms with Gasteiger partial charge in [0.15, 0.2) is 0 Å². The molecule has 4 nitrogen and oxygen atoms in total. The van der Waals surface area contributed by atoms with Gasteiger partial charge in [0.05, 0.1) is 0 Å². The number of rotatable bonds is 5. The summed E-state index contributed by atoms with van der Waals surface area (Å²) in [7, 11) is 0. The van der Waals surface area contributed by atoms with Crippen molar-refractivity contribution in [1.82, 2.24) is 15.1 Å². The molecule has 2 fully saturated rings. The molecule has 0 radical (unpaired) electrons. The topological polar surface area (TPSA) is 27.7 Å². The Bertz CT molecular complexity index is 477. The highest BCUT2D eigenvalue weighted by atomic mass is 16.5. The smallest absolute Gasteiger partial charge is 0.122 e. The van der Waals surface area contributed by atoms with Gasteiger partial charge in [0.1, 0.15) is 12.4 Å². The van der Waals surface area contributed by atoms with E-state index in [0.29, 0.717) is 0 Å². The summed E-state index contributed by atoms with van der Waals surface area (Å²) in [4.78, 5) is 5.19. The molecule has 0 amide bonds. The zero-order valence-electron chi connectivity index (χ0n) is 14.0. The molecule has 0 saturated carbocycles. The van der Waals surface area contributed by atoms with Crippen LogP contribution in [0.15, 0.2) is 18.2 Å². The second-order valence-corrected chi connectivity index (χ2v) is 6.64. The Morgan fingerprint density at radius 3 is 2.73 bits per heavy atom. The first-order valence-electron chi connectivity index (χ1n) is 8.59. The normalized spacial score (nSPS) is 23.8. The molecule has 0 spiro atoms. The van der Waals surface area contributed by atoms with E-state index in [2.05, 4.69) is 47.2 Å². The van der Waals surface area contributed by atoms with Gasteiger partial charge < -0.3 is 10.1 Å². The number of hydrogen-bond donors (Lipinski definition) is 1. The highest BCUT2D eigenvalue weighted by molar-refractivity contribution is 5.35. The minimum absolute atomic E-state index is 0.772. The molecule has 0 aliphatic carbocycles. The lowest BCUT2D eigenvalue weighted by Crippen LogP contribution is -2.51. The average molecular weight is 303 g/mol. The molecule has 1 N–H and O–H groups in total. The molecule has 4 heteroatoms. The first kappa shape index (κ1) is 15.8. The number of benzene rings is 1. The summed E-state index contributed by atoms with van der Waals surface area (Å²) in [6.07, 6.45) is 1.32. The van der Waals surface area contributed by atoms with Crippen LogP contribution in [-0.2, 0) is 0 Å². The number of ether oxygens (including phenoxy) is 1. The van der Waals surface area contributed by atoms with Crippen LogP contribution in [0, 0.1) is 13.8 Å². The van der Waals surface area contributed by atoms with Crippen LogP contribution in [0.3, 0.4) is 0 Å². The molecule has 2 heterocycles. The van der Waals surface area contributed by atoms with E-state index in [9.17, 15) is 0 Å². The van der Waals surface area contributed by atoms with Crippen LogP contribution in [0.2, 0.25) is 0 Å². The molecule has 1 aromatic carbocycles. The summed E-state index contributed by atoms with van der Waals surface area (Å²) in [5.74, 6) is 1.04. The van der Waals surface area contributed by atoms with E-state index in [1.165, 1.54) is 56.8 Å². The molecule has 1 atom stereocenters. The molecule has 1 aromatic rings. The maximum atomic E-state index is 5.98. The molecular formula is C18H29N3O. The Balaban J connectivity index is 1.39. The van der Waals surface area contributed by atoms with Gasteiger partial charge in [-0.2, -0.15) is 0 Å². The number of aryl methyl sites for hydroxylation is 2. The fourth-order valence-electron chi connectivity index (χ4n) is 3.45. The molecule has 22 heavy (non-hydrogen) atoms. The lowest BCUT2D eigenvalue weighted by atomic mass is 10.1. The number of nitrogens with zero attached hydrogens (tertiary/aromatic N) is 2. The summed E-state index contributed by atoms with van der Waals surface area (Å²) < 4.78 is 5.98. The van der Waals surface area contributed by atoms with Gasteiger partial charge in [-0.1, -0.05) is 12.1 Å². The van der Waals surface area contributed by atoms with Gasteiger partial charge in [-0.25, -0.2) is 0 Å². The first-order valence-corrected chi connectivity index (χ1v) is 8.59. The van der Waals surface area contributed by atoms with E-state index in [1.54, 1.807) is 0 Å². The zero-order chi connectivity index (χ0) is 15.4. The van der Waals surface area contributed by atoms with Gasteiger partial charge in [0, 0.05) is 45.3 Å². The van der Waals surface area contributed by atoms with Crippen molar-refractivity contribution in [1.29, 1.82) is 0 Å². The minimum atomic E-state index is 0.772. The van der Waals surface area contributed by atoms with E-state index in [1.807, 2.05) is 0 Å². The first-order chi connectivity index (χ1) is 10.7. The Hall–Kier alpha value is -1.10. The van der Waals surface area contributed by atoms with E-state index in [-0.39, 0.29) is 0 Å². The van der Waals surface area contributed by atoms with E-state index in [0.717, 1.165) is 24.9 Å². The van der Waals surface area contributed by atoms with Gasteiger partial charge in [-0.05, 0) is 44.0 Å². The van der Waals surface area contributed by atoms with Gasteiger partial charge in [-0.15, -0.1) is 0 Å². The lowest BCUT2D eigenvalue weighted by molar-refractivity contribution is 0.0920. The Kier molecular flexibility index (Phi) is 5.34. The van der Waals surface area contributed by atoms with Crippen molar-refractivity contribution in [3.63, 3.8) is 0 Å². The quantitative estimate of drug-likeness (QED) is 0.895. The van der Waals surface area contributed by atoms with Crippen LogP contribution < -0.4 is 10.1 Å². The van der Waals surface area contributed by atoms with Crippen molar-refractivity contribution >= 4 is 0 Å². The van der Waals surface area contributed by atoms with Crippen molar-refractivity contribution in [2.45, 2.75) is 26.3 Å². The van der Waals surface area contributed by atoms with Gasteiger partial charge in [-0.3, -0.25) is 9.80 Å². The summed E-state index contributed by atoms with van der Waals surface area (Å²) >= 11 is 0. The maximum absolute atomic E-state index is 5.98. The highest BCUT2D eigenvalue weighted by Crippen LogP contribution is 2.19. The fraction of sp³-hybridized carbons (Fsp3) is 0.667. The number of piperazine rings is 1. The summed E-state index contributed by atoms with van der Waals surface area (Å²) in [6, 6.07) is 7.19. The number of hydrogen-bond acceptors (Lipinski definition) is 4. The van der Waals surface area contributed by atoms with Crippen LogP contribution >= 0.6 is 0 Å². The van der Waals surface area contributed by atoms with Crippen LogP contribution in [0.25, 0.3) is 0 Å². The van der Waals surface area contributed by atoms with E-state index >= 15 is 0 Å². The largest absolute Gasteiger partial charge is 0.492 e. The predicted octanol–water partition coefficient (Wildman–Crippen LogP) is 1.66. The van der Waals surface area contributed by atoms with Gasteiger partial charge in [0.25, 0.3) is 0 Å². The number of nitrogens with one attached hydrogen (secondary N) is 1. The van der Waals surface area contributed by atoms with Crippen molar-refractivity contribution in [3.05, 3.63) is 29.3 Å². The third kappa shape index (κ3) is 4.00. The van der Waals surface area contributed by atoms with Crippen molar-refractivity contribution in [3.8, 4) is 5.75 Å². The molecule has 2 aliphatic heterocycles. The average Bonchev–Trinajstić information content (AvgIpc) is 3.06. The maximum Gasteiger partial charge on any atom is 0.122 e. The van der Waals surface area contributed by atoms with Crippen LogP contribution in [0.4, 0.5) is 0 Å². The van der Waals surface area contributed by atoms with Gasteiger partial charge in [0.2, 0.25) is 0 Å². The highest BCUT2D eigenvalue weighted by Gasteiger charge is 2.25. The van der Waals surface area contributed by atoms with Crippen LogP contribution in [-0.4, -0.2) is 68.3 Å².